The van der Waals surface area contributed by atoms with Crippen molar-refractivity contribution in [2.24, 2.45) is 34.5 Å². The normalized spacial score (nSPS) is 43.8. The number of hydrogen-bond donors (Lipinski definition) is 0. The summed E-state index contributed by atoms with van der Waals surface area (Å²) in [5, 5.41) is 0. The molecule has 0 aromatic rings. The first-order valence-corrected chi connectivity index (χ1v) is 17.6. The van der Waals surface area contributed by atoms with Crippen molar-refractivity contribution >= 4 is 17.9 Å². The number of carbonyl (C=O) groups is 3. The molecule has 0 unspecified atom stereocenters. The molecule has 6 aliphatic rings. The second-order valence-electron chi connectivity index (χ2n) is 15.9. The van der Waals surface area contributed by atoms with Crippen LogP contribution in [0.1, 0.15) is 92.4 Å². The lowest BCUT2D eigenvalue weighted by atomic mass is 9.44. The zero-order valence-electron chi connectivity index (χ0n) is 28.1. The van der Waals surface area contributed by atoms with E-state index in [9.17, 15) is 14.4 Å². The Morgan fingerprint density at radius 1 is 0.659 bits per heavy atom. The number of piperazine rings is 1. The smallest absolute Gasteiger partial charge is 0.302 e. The van der Waals surface area contributed by atoms with Gasteiger partial charge in [0.15, 0.2) is 0 Å². The zero-order valence-corrected chi connectivity index (χ0v) is 28.1. The van der Waals surface area contributed by atoms with Crippen LogP contribution in [0.2, 0.25) is 0 Å². The minimum Gasteiger partial charge on any atom is -0.462 e. The van der Waals surface area contributed by atoms with Gasteiger partial charge in [-0.05, 0) is 93.9 Å². The average molecular weight is 616 g/mol. The van der Waals surface area contributed by atoms with Crippen molar-refractivity contribution in [2.45, 2.75) is 123 Å². The van der Waals surface area contributed by atoms with Gasteiger partial charge in [-0.3, -0.25) is 24.2 Å². The lowest BCUT2D eigenvalue weighted by Crippen LogP contribution is -2.61. The van der Waals surface area contributed by atoms with Crippen LogP contribution >= 0.6 is 0 Å². The van der Waals surface area contributed by atoms with Crippen LogP contribution in [-0.4, -0.2) is 109 Å². The number of esters is 3. The molecule has 0 N–H and O–H groups in total. The molecule has 4 aliphatic carbocycles. The zero-order chi connectivity index (χ0) is 31.4. The minimum atomic E-state index is -0.204. The number of fused-ring (bicyclic) bond motifs is 5. The first-order valence-electron chi connectivity index (χ1n) is 17.6. The van der Waals surface area contributed by atoms with Gasteiger partial charge in [0.2, 0.25) is 0 Å². The number of carbonyl (C=O) groups excluding carboxylic acids is 3. The molecule has 0 spiro atoms. The van der Waals surface area contributed by atoms with E-state index in [1.165, 1.54) is 26.2 Å². The van der Waals surface area contributed by atoms with E-state index >= 15 is 0 Å². The van der Waals surface area contributed by atoms with Crippen LogP contribution in [0.4, 0.5) is 0 Å². The summed E-state index contributed by atoms with van der Waals surface area (Å²) in [5.41, 5.74) is 0.193. The lowest BCUT2D eigenvalue weighted by molar-refractivity contribution is -0.181. The molecule has 2 saturated heterocycles. The summed E-state index contributed by atoms with van der Waals surface area (Å²) >= 11 is 0. The molecule has 44 heavy (non-hydrogen) atoms. The highest BCUT2D eigenvalue weighted by Crippen LogP contribution is 2.67. The predicted octanol–water partition coefficient (Wildman–Crippen LogP) is 4.12. The van der Waals surface area contributed by atoms with Gasteiger partial charge in [0.25, 0.3) is 0 Å². The van der Waals surface area contributed by atoms with Crippen LogP contribution in [0.15, 0.2) is 0 Å². The number of hydrogen-bond acceptors (Lipinski definition) is 9. The number of likely N-dealkylation sites (N-methyl/N-ethyl adjacent to an activating group) is 1. The van der Waals surface area contributed by atoms with Crippen LogP contribution in [-0.2, 0) is 28.6 Å². The second kappa shape index (κ2) is 12.5. The highest BCUT2D eigenvalue weighted by atomic mass is 16.6. The van der Waals surface area contributed by atoms with E-state index in [4.69, 9.17) is 14.2 Å². The summed E-state index contributed by atoms with van der Waals surface area (Å²) in [6.45, 7) is 15.6. The molecular weight excluding hydrogens is 558 g/mol. The summed E-state index contributed by atoms with van der Waals surface area (Å²) in [6.07, 6.45) is 9.34. The monoisotopic (exact) mass is 615 g/mol. The second-order valence-corrected chi connectivity index (χ2v) is 15.9. The number of nitrogens with zero attached hydrogens (tertiary/aromatic N) is 3. The third-order valence-corrected chi connectivity index (χ3v) is 13.5. The molecular formula is C35H57N3O6. The van der Waals surface area contributed by atoms with Crippen LogP contribution < -0.4 is 0 Å². The highest BCUT2D eigenvalue weighted by molar-refractivity contribution is 5.67. The molecule has 0 bridgehead atoms. The van der Waals surface area contributed by atoms with Crippen molar-refractivity contribution in [3.63, 3.8) is 0 Å². The van der Waals surface area contributed by atoms with E-state index in [0.717, 1.165) is 77.8 Å². The third kappa shape index (κ3) is 5.94. The van der Waals surface area contributed by atoms with Crippen molar-refractivity contribution in [1.82, 2.24) is 14.7 Å². The molecule has 10 atom stereocenters. The third-order valence-electron chi connectivity index (χ3n) is 13.5. The van der Waals surface area contributed by atoms with Gasteiger partial charge >= 0.3 is 17.9 Å². The maximum Gasteiger partial charge on any atom is 0.302 e. The van der Waals surface area contributed by atoms with Gasteiger partial charge in [0, 0.05) is 77.5 Å². The van der Waals surface area contributed by atoms with Crippen LogP contribution in [0.25, 0.3) is 0 Å². The maximum atomic E-state index is 12.5. The Morgan fingerprint density at radius 2 is 1.30 bits per heavy atom. The van der Waals surface area contributed by atoms with E-state index in [2.05, 4.69) is 35.6 Å². The van der Waals surface area contributed by atoms with Gasteiger partial charge in [-0.25, -0.2) is 0 Å². The molecule has 9 nitrogen and oxygen atoms in total. The first-order chi connectivity index (χ1) is 20.9. The van der Waals surface area contributed by atoms with Gasteiger partial charge in [-0.15, -0.1) is 0 Å². The first kappa shape index (κ1) is 32.2. The summed E-state index contributed by atoms with van der Waals surface area (Å²) in [7, 11) is 2.20. The molecule has 0 aromatic carbocycles. The SMILES string of the molecule is CC(=O)OC1CCN([C@H]2C[C@@]3(C)[C@@H](CC[C@@H]4[C@@H]3CC[C@@]3(C)[C@H]4C[C@H](N4CCN(C)CC4)[C@@H]3OC(C)=O)C[C@@H]2OC(C)=O)CC1. The molecule has 0 amide bonds. The highest BCUT2D eigenvalue weighted by Gasteiger charge is 2.65. The van der Waals surface area contributed by atoms with E-state index in [0.29, 0.717) is 29.7 Å². The number of ether oxygens (including phenoxy) is 3. The Bertz CT molecular complexity index is 1090. The van der Waals surface area contributed by atoms with Crippen molar-refractivity contribution < 1.29 is 28.6 Å². The Kier molecular flexibility index (Phi) is 9.14. The predicted molar refractivity (Wildman–Crippen MR) is 167 cm³/mol. The molecule has 4 saturated carbocycles. The Morgan fingerprint density at radius 3 is 1.93 bits per heavy atom. The van der Waals surface area contributed by atoms with Gasteiger partial charge in [0.05, 0.1) is 0 Å². The van der Waals surface area contributed by atoms with Crippen LogP contribution in [0.5, 0.6) is 0 Å². The lowest BCUT2D eigenvalue weighted by Gasteiger charge is -2.62. The number of piperidine rings is 1. The van der Waals surface area contributed by atoms with Gasteiger partial charge in [0.1, 0.15) is 18.3 Å². The molecule has 248 valence electrons. The summed E-state index contributed by atoms with van der Waals surface area (Å²) in [6, 6.07) is 0.499. The molecule has 2 aliphatic heterocycles. The average Bonchev–Trinajstić information content (AvgIpc) is 3.25. The van der Waals surface area contributed by atoms with Crippen molar-refractivity contribution in [2.75, 3.05) is 46.3 Å². The van der Waals surface area contributed by atoms with Crippen LogP contribution in [0.3, 0.4) is 0 Å². The topological polar surface area (TPSA) is 88.6 Å². The summed E-state index contributed by atoms with van der Waals surface area (Å²) in [4.78, 5) is 43.9. The van der Waals surface area contributed by atoms with Crippen LogP contribution in [0, 0.1) is 34.5 Å². The van der Waals surface area contributed by atoms with Crippen molar-refractivity contribution in [3.05, 3.63) is 0 Å². The fourth-order valence-electron chi connectivity index (χ4n) is 11.4. The van der Waals surface area contributed by atoms with Gasteiger partial charge in [-0.2, -0.15) is 0 Å². The van der Waals surface area contributed by atoms with E-state index in [1.807, 2.05) is 0 Å². The van der Waals surface area contributed by atoms with E-state index in [1.54, 1.807) is 13.8 Å². The molecule has 6 rings (SSSR count). The summed E-state index contributed by atoms with van der Waals surface area (Å²) in [5.74, 6) is 1.83. The fraction of sp³-hybridized carbons (Fsp3) is 0.914. The molecule has 2 heterocycles. The Labute approximate surface area is 264 Å². The number of likely N-dealkylation sites (tertiary alicyclic amines) is 1. The Hall–Kier alpha value is -1.71. The van der Waals surface area contributed by atoms with E-state index in [-0.39, 0.29) is 53.1 Å². The molecule has 0 radical (unpaired) electrons. The maximum absolute atomic E-state index is 12.5. The molecule has 0 aromatic heterocycles. The largest absolute Gasteiger partial charge is 0.462 e. The summed E-state index contributed by atoms with van der Waals surface area (Å²) < 4.78 is 17.9. The molecule has 6 fully saturated rings. The van der Waals surface area contributed by atoms with Crippen molar-refractivity contribution in [1.29, 1.82) is 0 Å². The standard InChI is InChI=1S/C35H57N3O6/c1-22(39)42-26-10-13-37(14-11-26)31-21-35(5)25(19-32(31)43-23(2)40)7-8-27-28(35)9-12-34(4)29(27)20-30(33(34)44-24(3)41)38-17-15-36(6)16-18-38/h25-33H,7-21H2,1-6H3/t25-,27+,28-,29-,30-,31-,32-,33-,34-,35-/m0/s1. The minimum absolute atomic E-state index is 0.0109. The molecule has 9 heteroatoms. The fourth-order valence-corrected chi connectivity index (χ4v) is 11.4. The number of rotatable bonds is 5. The van der Waals surface area contributed by atoms with Crippen molar-refractivity contribution in [3.8, 4) is 0 Å². The Balaban J connectivity index is 1.23. The van der Waals surface area contributed by atoms with Gasteiger partial charge in [-0.1, -0.05) is 13.8 Å². The van der Waals surface area contributed by atoms with Gasteiger partial charge < -0.3 is 19.1 Å². The quantitative estimate of drug-likeness (QED) is 0.335. The van der Waals surface area contributed by atoms with E-state index < -0.39 is 0 Å².